The van der Waals surface area contributed by atoms with E-state index in [0.717, 1.165) is 0 Å². The second-order valence-corrected chi connectivity index (χ2v) is 5.19. The minimum absolute atomic E-state index is 0.0458. The van der Waals surface area contributed by atoms with E-state index < -0.39 is 0 Å². The second-order valence-electron chi connectivity index (χ2n) is 5.19. The van der Waals surface area contributed by atoms with Gasteiger partial charge in [0.05, 0.1) is 6.20 Å². The van der Waals surface area contributed by atoms with Crippen molar-refractivity contribution in [3.05, 3.63) is 66.1 Å². The summed E-state index contributed by atoms with van der Waals surface area (Å²) in [4.78, 5) is 24.0. The van der Waals surface area contributed by atoms with E-state index in [1.807, 2.05) is 29.1 Å². The Kier molecular flexibility index (Phi) is 3.80. The molecule has 0 spiro atoms. The van der Waals surface area contributed by atoms with Crippen LogP contribution in [-0.4, -0.2) is 26.0 Å². The summed E-state index contributed by atoms with van der Waals surface area (Å²) in [6.45, 7) is 1.49. The normalized spacial score (nSPS) is 10.5. The van der Waals surface area contributed by atoms with Gasteiger partial charge in [0.1, 0.15) is 11.4 Å². The smallest absolute Gasteiger partial charge is 0.261 e. The van der Waals surface area contributed by atoms with Crippen LogP contribution in [0.25, 0.3) is 5.82 Å². The van der Waals surface area contributed by atoms with Crippen molar-refractivity contribution >= 4 is 17.4 Å². The van der Waals surface area contributed by atoms with Gasteiger partial charge in [-0.1, -0.05) is 12.1 Å². The summed E-state index contributed by atoms with van der Waals surface area (Å²) < 4.78 is 3.47. The average molecular weight is 308 g/mol. The van der Waals surface area contributed by atoms with Crippen molar-refractivity contribution in [3.63, 3.8) is 0 Å². The number of hydrogen-bond acceptors (Lipinski definition) is 3. The van der Waals surface area contributed by atoms with Crippen LogP contribution in [-0.2, 0) is 7.05 Å². The highest BCUT2D eigenvalue weighted by Crippen LogP contribution is 2.17. The highest BCUT2D eigenvalue weighted by molar-refractivity contribution is 6.07. The molecular weight excluding hydrogens is 292 g/mol. The highest BCUT2D eigenvalue weighted by Gasteiger charge is 2.17. The molecule has 1 N–H and O–H groups in total. The third kappa shape index (κ3) is 2.91. The molecule has 23 heavy (non-hydrogen) atoms. The van der Waals surface area contributed by atoms with Gasteiger partial charge in [-0.05, 0) is 31.2 Å². The van der Waals surface area contributed by atoms with Crippen LogP contribution in [0, 0.1) is 0 Å². The molecular formula is C17H16N4O2. The van der Waals surface area contributed by atoms with Crippen LogP contribution in [0.15, 0.2) is 55.0 Å². The van der Waals surface area contributed by atoms with E-state index >= 15 is 0 Å². The first-order valence-electron chi connectivity index (χ1n) is 7.14. The van der Waals surface area contributed by atoms with Gasteiger partial charge in [0.25, 0.3) is 5.91 Å². The number of hydrogen-bond donors (Lipinski definition) is 1. The minimum Gasteiger partial charge on any atom is -0.322 e. The largest absolute Gasteiger partial charge is 0.322 e. The van der Waals surface area contributed by atoms with Crippen molar-refractivity contribution in [2.45, 2.75) is 6.92 Å². The van der Waals surface area contributed by atoms with E-state index in [0.29, 0.717) is 22.6 Å². The molecule has 0 unspecified atom stereocenters. The molecule has 116 valence electrons. The lowest BCUT2D eigenvalue weighted by molar-refractivity contribution is 0.101. The topological polar surface area (TPSA) is 68.9 Å². The number of Topliss-reactive ketones (excluding diaryl/α,β-unsaturated/α-hetero) is 1. The fourth-order valence-electron chi connectivity index (χ4n) is 2.39. The molecule has 0 saturated heterocycles. The van der Waals surface area contributed by atoms with Crippen LogP contribution < -0.4 is 5.32 Å². The molecule has 0 atom stereocenters. The van der Waals surface area contributed by atoms with Crippen molar-refractivity contribution in [2.75, 3.05) is 5.32 Å². The van der Waals surface area contributed by atoms with Gasteiger partial charge in [-0.25, -0.2) is 0 Å². The van der Waals surface area contributed by atoms with E-state index in [1.54, 1.807) is 36.0 Å². The fourth-order valence-corrected chi connectivity index (χ4v) is 2.39. The van der Waals surface area contributed by atoms with Crippen molar-refractivity contribution < 1.29 is 9.59 Å². The average Bonchev–Trinajstić information content (AvgIpc) is 3.16. The maximum Gasteiger partial charge on any atom is 0.261 e. The van der Waals surface area contributed by atoms with Crippen LogP contribution in [0.1, 0.15) is 27.6 Å². The number of amides is 1. The Hall–Kier alpha value is -3.15. The number of carbonyl (C=O) groups excluding carboxylic acids is 2. The predicted molar refractivity (Wildman–Crippen MR) is 86.9 cm³/mol. The van der Waals surface area contributed by atoms with Gasteiger partial charge in [-0.3, -0.25) is 14.3 Å². The van der Waals surface area contributed by atoms with Crippen LogP contribution in [0.3, 0.4) is 0 Å². The highest BCUT2D eigenvalue weighted by atomic mass is 16.1. The van der Waals surface area contributed by atoms with E-state index in [1.165, 1.54) is 13.1 Å². The molecule has 2 heterocycles. The van der Waals surface area contributed by atoms with Gasteiger partial charge in [-0.15, -0.1) is 0 Å². The Morgan fingerprint density at radius 2 is 1.87 bits per heavy atom. The van der Waals surface area contributed by atoms with E-state index in [9.17, 15) is 9.59 Å². The molecule has 3 rings (SSSR count). The summed E-state index contributed by atoms with van der Waals surface area (Å²) in [7, 11) is 1.78. The summed E-state index contributed by atoms with van der Waals surface area (Å²) in [5.74, 6) is 0.355. The molecule has 6 heteroatoms. The van der Waals surface area contributed by atoms with Crippen molar-refractivity contribution in [3.8, 4) is 5.82 Å². The lowest BCUT2D eigenvalue weighted by Gasteiger charge is -2.09. The summed E-state index contributed by atoms with van der Waals surface area (Å²) >= 11 is 0. The maximum atomic E-state index is 12.6. The molecule has 0 radical (unpaired) electrons. The molecule has 2 aromatic heterocycles. The fraction of sp³-hybridized carbons (Fsp3) is 0.118. The third-order valence-corrected chi connectivity index (χ3v) is 3.53. The molecule has 0 fully saturated rings. The number of nitrogens with zero attached hydrogens (tertiary/aromatic N) is 3. The first-order chi connectivity index (χ1) is 11.1. The molecule has 0 aliphatic carbocycles. The number of benzene rings is 1. The first-order valence-corrected chi connectivity index (χ1v) is 7.14. The zero-order valence-corrected chi connectivity index (χ0v) is 12.9. The molecule has 0 bridgehead atoms. The number of ketones is 1. The number of aromatic nitrogens is 3. The standard InChI is InChI=1S/C17H16N4O2/c1-12(22)13-6-5-7-14(10-13)19-16(23)15-11-18-20(2)17(15)21-8-3-4-9-21/h3-11H,1-2H3,(H,19,23). The Morgan fingerprint density at radius 3 is 2.57 bits per heavy atom. The van der Waals surface area contributed by atoms with Gasteiger partial charge in [0.15, 0.2) is 5.78 Å². The summed E-state index contributed by atoms with van der Waals surface area (Å²) in [6, 6.07) is 10.6. The number of rotatable bonds is 4. The summed E-state index contributed by atoms with van der Waals surface area (Å²) in [5, 5.41) is 6.97. The Bertz CT molecular complexity index is 863. The number of nitrogens with one attached hydrogen (secondary N) is 1. The lowest BCUT2D eigenvalue weighted by Crippen LogP contribution is -2.15. The Morgan fingerprint density at radius 1 is 1.13 bits per heavy atom. The van der Waals surface area contributed by atoms with Crippen molar-refractivity contribution in [1.82, 2.24) is 14.3 Å². The van der Waals surface area contributed by atoms with Gasteiger partial charge >= 0.3 is 0 Å². The summed E-state index contributed by atoms with van der Waals surface area (Å²) in [5.41, 5.74) is 1.58. The van der Waals surface area contributed by atoms with Crippen LogP contribution in [0.2, 0.25) is 0 Å². The van der Waals surface area contributed by atoms with Gasteiger partial charge in [0.2, 0.25) is 0 Å². The third-order valence-electron chi connectivity index (χ3n) is 3.53. The van der Waals surface area contributed by atoms with Crippen molar-refractivity contribution in [1.29, 1.82) is 0 Å². The number of aryl methyl sites for hydroxylation is 1. The Balaban J connectivity index is 1.90. The number of carbonyl (C=O) groups is 2. The van der Waals surface area contributed by atoms with Crippen LogP contribution in [0.4, 0.5) is 5.69 Å². The molecule has 1 aromatic carbocycles. The SMILES string of the molecule is CC(=O)c1cccc(NC(=O)c2cnn(C)c2-n2cccc2)c1. The molecule has 0 saturated carbocycles. The lowest BCUT2D eigenvalue weighted by atomic mass is 10.1. The molecule has 0 aliphatic heterocycles. The van der Waals surface area contributed by atoms with Crippen molar-refractivity contribution in [2.24, 2.45) is 7.05 Å². The molecule has 3 aromatic rings. The molecule has 0 aliphatic rings. The van der Waals surface area contributed by atoms with E-state index in [4.69, 9.17) is 0 Å². The van der Waals surface area contributed by atoms with Gasteiger partial charge in [0, 0.05) is 30.7 Å². The van der Waals surface area contributed by atoms with E-state index in [2.05, 4.69) is 10.4 Å². The van der Waals surface area contributed by atoms with Gasteiger partial charge < -0.3 is 9.88 Å². The first kappa shape index (κ1) is 14.8. The second kappa shape index (κ2) is 5.92. The van der Waals surface area contributed by atoms with Crippen LogP contribution in [0.5, 0.6) is 0 Å². The predicted octanol–water partition coefficient (Wildman–Crippen LogP) is 2.67. The molecule has 6 nitrogen and oxygen atoms in total. The monoisotopic (exact) mass is 308 g/mol. The summed E-state index contributed by atoms with van der Waals surface area (Å²) in [6.07, 6.45) is 5.23. The van der Waals surface area contributed by atoms with E-state index in [-0.39, 0.29) is 11.7 Å². The quantitative estimate of drug-likeness (QED) is 0.753. The maximum absolute atomic E-state index is 12.6. The minimum atomic E-state index is -0.275. The zero-order valence-electron chi connectivity index (χ0n) is 12.9. The number of anilines is 1. The van der Waals surface area contributed by atoms with Gasteiger partial charge in [-0.2, -0.15) is 5.10 Å². The Labute approximate surface area is 133 Å². The zero-order chi connectivity index (χ0) is 16.4. The van der Waals surface area contributed by atoms with Crippen LogP contribution >= 0.6 is 0 Å². The molecule has 1 amide bonds.